The van der Waals surface area contributed by atoms with E-state index in [9.17, 15) is 4.79 Å². The van der Waals surface area contributed by atoms with Gasteiger partial charge in [-0.1, -0.05) is 6.07 Å². The summed E-state index contributed by atoms with van der Waals surface area (Å²) in [5.41, 5.74) is 3.92. The summed E-state index contributed by atoms with van der Waals surface area (Å²) in [7, 11) is 0. The summed E-state index contributed by atoms with van der Waals surface area (Å²) in [5.74, 6) is -0.863. The van der Waals surface area contributed by atoms with Crippen molar-refractivity contribution in [1.29, 1.82) is 0 Å². The molecule has 0 aliphatic carbocycles. The van der Waals surface area contributed by atoms with Crippen LogP contribution in [0.5, 0.6) is 0 Å². The quantitative estimate of drug-likeness (QED) is 0.888. The Morgan fingerprint density at radius 1 is 1.33 bits per heavy atom. The van der Waals surface area contributed by atoms with E-state index < -0.39 is 5.97 Å². The molecule has 0 fully saturated rings. The highest BCUT2D eigenvalue weighted by Crippen LogP contribution is 2.22. The van der Waals surface area contributed by atoms with Crippen LogP contribution in [-0.2, 0) is 11.2 Å². The number of carbonyl (C=O) groups is 1. The molecule has 1 aromatic carbocycles. The van der Waals surface area contributed by atoms with E-state index in [4.69, 9.17) is 5.11 Å². The molecule has 0 unspecified atom stereocenters. The first kappa shape index (κ1) is 12.6. The molecule has 0 aliphatic heterocycles. The molecule has 0 atom stereocenters. The Morgan fingerprint density at radius 2 is 2.00 bits per heavy atom. The predicted molar refractivity (Wildman–Crippen MR) is 72.7 cm³/mol. The van der Waals surface area contributed by atoms with E-state index in [1.165, 1.54) is 22.5 Å². The third-order valence-electron chi connectivity index (χ3n) is 2.36. The molecule has 0 radical (unpaired) electrons. The van der Waals surface area contributed by atoms with Crippen LogP contribution in [-0.4, -0.2) is 16.1 Å². The van der Waals surface area contributed by atoms with Gasteiger partial charge in [-0.25, -0.2) is 4.98 Å². The summed E-state index contributed by atoms with van der Waals surface area (Å²) >= 11 is 1.41. The SMILES string of the molecule is Cc1cc(C)cc(Nc2nc(CC(=O)O)cs2)c1. The van der Waals surface area contributed by atoms with E-state index in [1.54, 1.807) is 5.38 Å². The first-order valence-electron chi connectivity index (χ1n) is 5.54. The average Bonchev–Trinajstić information content (AvgIpc) is 2.62. The number of thiazole rings is 1. The smallest absolute Gasteiger partial charge is 0.309 e. The van der Waals surface area contributed by atoms with E-state index in [2.05, 4.69) is 16.4 Å². The van der Waals surface area contributed by atoms with Crippen molar-refractivity contribution in [3.05, 3.63) is 40.4 Å². The number of nitrogens with one attached hydrogen (secondary N) is 1. The molecule has 1 heterocycles. The van der Waals surface area contributed by atoms with E-state index in [1.807, 2.05) is 26.0 Å². The van der Waals surface area contributed by atoms with Gasteiger partial charge < -0.3 is 10.4 Å². The monoisotopic (exact) mass is 262 g/mol. The van der Waals surface area contributed by atoms with Gasteiger partial charge >= 0.3 is 5.97 Å². The molecule has 5 heteroatoms. The zero-order chi connectivity index (χ0) is 13.1. The van der Waals surface area contributed by atoms with Gasteiger partial charge in [-0.2, -0.15) is 0 Å². The molecular formula is C13H14N2O2S. The third kappa shape index (κ3) is 3.30. The Kier molecular flexibility index (Phi) is 3.62. The molecule has 1 aromatic heterocycles. The Labute approximate surface area is 109 Å². The summed E-state index contributed by atoms with van der Waals surface area (Å²) < 4.78 is 0. The van der Waals surface area contributed by atoms with E-state index >= 15 is 0 Å². The number of benzene rings is 1. The van der Waals surface area contributed by atoms with Crippen molar-refractivity contribution < 1.29 is 9.90 Å². The van der Waals surface area contributed by atoms with Gasteiger partial charge in [0.15, 0.2) is 5.13 Å². The number of hydrogen-bond acceptors (Lipinski definition) is 4. The van der Waals surface area contributed by atoms with Gasteiger partial charge in [-0.15, -0.1) is 11.3 Å². The van der Waals surface area contributed by atoms with Gasteiger partial charge in [0.25, 0.3) is 0 Å². The van der Waals surface area contributed by atoms with Crippen LogP contribution in [0.3, 0.4) is 0 Å². The van der Waals surface area contributed by atoms with Gasteiger partial charge in [-0.3, -0.25) is 4.79 Å². The number of aliphatic carboxylic acids is 1. The minimum absolute atomic E-state index is 0.0367. The fourth-order valence-electron chi connectivity index (χ4n) is 1.77. The second-order valence-corrected chi connectivity index (χ2v) is 5.07. The molecule has 18 heavy (non-hydrogen) atoms. The van der Waals surface area contributed by atoms with Crippen LogP contribution >= 0.6 is 11.3 Å². The lowest BCUT2D eigenvalue weighted by Crippen LogP contribution is -2.00. The first-order valence-corrected chi connectivity index (χ1v) is 6.42. The molecule has 94 valence electrons. The molecule has 0 amide bonds. The summed E-state index contributed by atoms with van der Waals surface area (Å²) in [6.45, 7) is 4.08. The number of carboxylic acids is 1. The van der Waals surface area contributed by atoms with Crippen molar-refractivity contribution in [1.82, 2.24) is 4.98 Å². The van der Waals surface area contributed by atoms with E-state index in [0.717, 1.165) is 10.8 Å². The fourth-order valence-corrected chi connectivity index (χ4v) is 2.50. The zero-order valence-electron chi connectivity index (χ0n) is 10.2. The summed E-state index contributed by atoms with van der Waals surface area (Å²) in [6.07, 6.45) is -0.0367. The highest BCUT2D eigenvalue weighted by Gasteiger charge is 2.06. The first-order chi connectivity index (χ1) is 8.52. The minimum atomic E-state index is -0.863. The Balaban J connectivity index is 2.13. The van der Waals surface area contributed by atoms with Gasteiger partial charge in [0, 0.05) is 11.1 Å². The van der Waals surface area contributed by atoms with Gasteiger partial charge in [0.05, 0.1) is 12.1 Å². The van der Waals surface area contributed by atoms with Crippen molar-refractivity contribution in [2.75, 3.05) is 5.32 Å². The molecule has 2 aromatic rings. The lowest BCUT2D eigenvalue weighted by molar-refractivity contribution is -0.136. The lowest BCUT2D eigenvalue weighted by Gasteiger charge is -2.05. The molecule has 4 nitrogen and oxygen atoms in total. The van der Waals surface area contributed by atoms with Crippen molar-refractivity contribution in [3.63, 3.8) is 0 Å². The van der Waals surface area contributed by atoms with Crippen LogP contribution in [0, 0.1) is 13.8 Å². The molecule has 0 saturated carbocycles. The molecular weight excluding hydrogens is 248 g/mol. The number of carboxylic acid groups (broad SMARTS) is 1. The minimum Gasteiger partial charge on any atom is -0.481 e. The molecule has 2 N–H and O–H groups in total. The van der Waals surface area contributed by atoms with Crippen LogP contribution in [0.4, 0.5) is 10.8 Å². The second-order valence-electron chi connectivity index (χ2n) is 4.22. The predicted octanol–water partition coefficient (Wildman–Crippen LogP) is 3.13. The molecule has 0 spiro atoms. The topological polar surface area (TPSA) is 62.2 Å². The van der Waals surface area contributed by atoms with Crippen LogP contribution in [0.25, 0.3) is 0 Å². The number of nitrogens with zero attached hydrogens (tertiary/aromatic N) is 1. The largest absolute Gasteiger partial charge is 0.481 e. The molecule has 0 saturated heterocycles. The average molecular weight is 262 g/mol. The molecule has 2 rings (SSSR count). The number of anilines is 2. The standard InChI is InChI=1S/C13H14N2O2S/c1-8-3-9(2)5-10(4-8)14-13-15-11(7-18-13)6-12(16)17/h3-5,7H,6H2,1-2H3,(H,14,15)(H,16,17). The number of rotatable bonds is 4. The summed E-state index contributed by atoms with van der Waals surface area (Å²) in [5, 5.41) is 14.4. The lowest BCUT2D eigenvalue weighted by atomic mass is 10.1. The van der Waals surface area contributed by atoms with Crippen molar-refractivity contribution in [2.24, 2.45) is 0 Å². The van der Waals surface area contributed by atoms with Gasteiger partial charge in [0.2, 0.25) is 0 Å². The van der Waals surface area contributed by atoms with Crippen molar-refractivity contribution >= 4 is 28.1 Å². The number of hydrogen-bond donors (Lipinski definition) is 2. The maximum Gasteiger partial charge on any atom is 0.309 e. The zero-order valence-corrected chi connectivity index (χ0v) is 11.0. The van der Waals surface area contributed by atoms with Gasteiger partial charge in [0.1, 0.15) is 0 Å². The van der Waals surface area contributed by atoms with Crippen LogP contribution in [0.2, 0.25) is 0 Å². The van der Waals surface area contributed by atoms with Crippen molar-refractivity contribution in [3.8, 4) is 0 Å². The normalized spacial score (nSPS) is 10.3. The van der Waals surface area contributed by atoms with Crippen LogP contribution in [0.15, 0.2) is 23.6 Å². The third-order valence-corrected chi connectivity index (χ3v) is 3.16. The highest BCUT2D eigenvalue weighted by molar-refractivity contribution is 7.13. The van der Waals surface area contributed by atoms with Crippen LogP contribution < -0.4 is 5.32 Å². The fraction of sp³-hybridized carbons (Fsp3) is 0.231. The maximum absolute atomic E-state index is 10.6. The highest BCUT2D eigenvalue weighted by atomic mass is 32.1. The Morgan fingerprint density at radius 3 is 2.61 bits per heavy atom. The maximum atomic E-state index is 10.6. The van der Waals surface area contributed by atoms with Crippen molar-refractivity contribution in [2.45, 2.75) is 20.3 Å². The summed E-state index contributed by atoms with van der Waals surface area (Å²) in [6, 6.07) is 6.17. The summed E-state index contributed by atoms with van der Waals surface area (Å²) in [4.78, 5) is 14.8. The van der Waals surface area contributed by atoms with Crippen LogP contribution in [0.1, 0.15) is 16.8 Å². The molecule has 0 aliphatic rings. The van der Waals surface area contributed by atoms with E-state index in [0.29, 0.717) is 5.69 Å². The second kappa shape index (κ2) is 5.18. The number of aromatic nitrogens is 1. The van der Waals surface area contributed by atoms with E-state index in [-0.39, 0.29) is 6.42 Å². The molecule has 0 bridgehead atoms. The number of aryl methyl sites for hydroxylation is 2. The Bertz CT molecular complexity index is 558. The Hall–Kier alpha value is -1.88. The van der Waals surface area contributed by atoms with Gasteiger partial charge in [-0.05, 0) is 37.1 Å².